The van der Waals surface area contributed by atoms with Gasteiger partial charge < -0.3 is 10.2 Å². The minimum absolute atomic E-state index is 0. The van der Waals surface area contributed by atoms with Crippen molar-refractivity contribution in [1.82, 2.24) is 15.2 Å². The highest BCUT2D eigenvalue weighted by atomic mass is 35.5. The molecule has 1 atom stereocenters. The van der Waals surface area contributed by atoms with Crippen LogP contribution in [0.1, 0.15) is 27.7 Å². The van der Waals surface area contributed by atoms with Crippen LogP contribution in [0.15, 0.2) is 42.6 Å². The smallest absolute Gasteiger partial charge is 0.329 e. The molecule has 0 aliphatic carbocycles. The molecule has 0 bridgehead atoms. The van der Waals surface area contributed by atoms with Crippen molar-refractivity contribution in [2.24, 2.45) is 0 Å². The van der Waals surface area contributed by atoms with Gasteiger partial charge in [0.05, 0.1) is 11.6 Å². The highest BCUT2D eigenvalue weighted by Gasteiger charge is 2.33. The van der Waals surface area contributed by atoms with Crippen LogP contribution in [0.2, 0.25) is 0 Å². The molecule has 10 heteroatoms. The van der Waals surface area contributed by atoms with E-state index in [-0.39, 0.29) is 30.4 Å². The maximum atomic E-state index is 13.5. The number of hydrogen-bond acceptors (Lipinski definition) is 3. The van der Waals surface area contributed by atoms with Crippen LogP contribution in [-0.4, -0.2) is 35.4 Å². The van der Waals surface area contributed by atoms with E-state index in [1.807, 2.05) is 0 Å². The summed E-state index contributed by atoms with van der Waals surface area (Å²) in [5.74, 6) is -0.844. The van der Waals surface area contributed by atoms with Crippen LogP contribution in [0.3, 0.4) is 0 Å². The lowest BCUT2D eigenvalue weighted by molar-refractivity contribution is -0.141. The SMILES string of the molecule is Cl.Cl.O=C(c1ccc(C(F)(F)F)nc1)N1CCNCC1c1cccc(F)c1. The molecule has 1 aliphatic heterocycles. The number of benzene rings is 1. The van der Waals surface area contributed by atoms with E-state index in [4.69, 9.17) is 0 Å². The number of halogens is 6. The summed E-state index contributed by atoms with van der Waals surface area (Å²) in [5, 5.41) is 3.14. The third-order valence-electron chi connectivity index (χ3n) is 4.04. The van der Waals surface area contributed by atoms with E-state index < -0.39 is 29.6 Å². The third kappa shape index (κ3) is 5.31. The van der Waals surface area contributed by atoms with Crippen molar-refractivity contribution in [1.29, 1.82) is 0 Å². The second-order valence-corrected chi connectivity index (χ2v) is 5.70. The third-order valence-corrected chi connectivity index (χ3v) is 4.04. The molecule has 3 rings (SSSR count). The molecular weight excluding hydrogens is 409 g/mol. The Kier molecular flexibility index (Phi) is 8.01. The minimum atomic E-state index is -4.55. The van der Waals surface area contributed by atoms with Gasteiger partial charge in [-0.1, -0.05) is 12.1 Å². The summed E-state index contributed by atoms with van der Waals surface area (Å²) < 4.78 is 51.3. The molecule has 27 heavy (non-hydrogen) atoms. The zero-order valence-corrected chi connectivity index (χ0v) is 15.5. The van der Waals surface area contributed by atoms with Crippen LogP contribution >= 0.6 is 24.8 Å². The normalized spacial score (nSPS) is 16.9. The molecule has 148 valence electrons. The molecular formula is C17H17Cl2F4N3O. The first-order valence-electron chi connectivity index (χ1n) is 7.66. The Labute approximate surface area is 165 Å². The number of alkyl halides is 3. The van der Waals surface area contributed by atoms with Crippen LogP contribution in [-0.2, 0) is 6.18 Å². The molecule has 1 N–H and O–H groups in total. The van der Waals surface area contributed by atoms with Gasteiger partial charge in [-0.05, 0) is 29.8 Å². The van der Waals surface area contributed by atoms with Gasteiger partial charge in [-0.2, -0.15) is 13.2 Å². The van der Waals surface area contributed by atoms with Crippen LogP contribution < -0.4 is 5.32 Å². The molecule has 0 radical (unpaired) electrons. The Morgan fingerprint density at radius 2 is 1.93 bits per heavy atom. The topological polar surface area (TPSA) is 45.2 Å². The maximum Gasteiger partial charge on any atom is 0.433 e. The fourth-order valence-electron chi connectivity index (χ4n) is 2.81. The van der Waals surface area contributed by atoms with Crippen molar-refractivity contribution in [2.75, 3.05) is 19.6 Å². The number of pyridine rings is 1. The highest BCUT2D eigenvalue weighted by molar-refractivity contribution is 5.94. The van der Waals surface area contributed by atoms with Gasteiger partial charge in [-0.25, -0.2) is 4.39 Å². The van der Waals surface area contributed by atoms with E-state index in [2.05, 4.69) is 10.3 Å². The fraction of sp³-hybridized carbons (Fsp3) is 0.294. The largest absolute Gasteiger partial charge is 0.433 e. The highest BCUT2D eigenvalue weighted by Crippen LogP contribution is 2.28. The molecule has 2 heterocycles. The number of rotatable bonds is 2. The molecule has 4 nitrogen and oxygen atoms in total. The first kappa shape index (κ1) is 23.1. The van der Waals surface area contributed by atoms with Gasteiger partial charge in [0.2, 0.25) is 0 Å². The maximum absolute atomic E-state index is 13.5. The predicted octanol–water partition coefficient (Wildman–Crippen LogP) is 3.87. The number of piperazine rings is 1. The molecule has 1 aromatic carbocycles. The molecule has 1 aromatic heterocycles. The molecule has 0 spiro atoms. The molecule has 0 saturated carbocycles. The lowest BCUT2D eigenvalue weighted by Crippen LogP contribution is -2.48. The summed E-state index contributed by atoms with van der Waals surface area (Å²) in [6.45, 7) is 1.34. The quantitative estimate of drug-likeness (QED) is 0.742. The van der Waals surface area contributed by atoms with E-state index in [0.717, 1.165) is 18.3 Å². The van der Waals surface area contributed by atoms with Crippen molar-refractivity contribution in [3.05, 3.63) is 65.2 Å². The number of carbonyl (C=O) groups excluding carboxylic acids is 1. The molecule has 2 aromatic rings. The number of hydrogen-bond donors (Lipinski definition) is 1. The molecule has 1 fully saturated rings. The van der Waals surface area contributed by atoms with Crippen LogP contribution in [0.5, 0.6) is 0 Å². The summed E-state index contributed by atoms with van der Waals surface area (Å²) >= 11 is 0. The van der Waals surface area contributed by atoms with Gasteiger partial charge in [0.1, 0.15) is 11.5 Å². The standard InChI is InChI=1S/C17H15F4N3O.2ClH/c18-13-3-1-2-11(8-13)14-10-22-6-7-24(14)16(25)12-4-5-15(23-9-12)17(19,20)21;;/h1-5,8-9,14,22H,6-7,10H2;2*1H. The Morgan fingerprint density at radius 1 is 1.19 bits per heavy atom. The van der Waals surface area contributed by atoms with Gasteiger partial charge in [0, 0.05) is 25.8 Å². The lowest BCUT2D eigenvalue weighted by Gasteiger charge is -2.36. The molecule has 1 amide bonds. The first-order valence-corrected chi connectivity index (χ1v) is 7.66. The summed E-state index contributed by atoms with van der Waals surface area (Å²) in [5.41, 5.74) is -0.359. The van der Waals surface area contributed by atoms with Crippen molar-refractivity contribution in [3.63, 3.8) is 0 Å². The van der Waals surface area contributed by atoms with E-state index in [1.54, 1.807) is 12.1 Å². The Bertz CT molecular complexity index is 772. The number of nitrogens with zero attached hydrogens (tertiary/aromatic N) is 2. The Morgan fingerprint density at radius 3 is 2.52 bits per heavy atom. The van der Waals surface area contributed by atoms with Gasteiger partial charge in [0.15, 0.2) is 0 Å². The second kappa shape index (κ2) is 9.34. The van der Waals surface area contributed by atoms with Crippen molar-refractivity contribution >= 4 is 30.7 Å². The van der Waals surface area contributed by atoms with E-state index in [0.29, 0.717) is 25.2 Å². The molecule has 1 saturated heterocycles. The monoisotopic (exact) mass is 425 g/mol. The Hall–Kier alpha value is -1.90. The summed E-state index contributed by atoms with van der Waals surface area (Å²) in [7, 11) is 0. The molecule has 1 aliphatic rings. The first-order chi connectivity index (χ1) is 11.9. The minimum Gasteiger partial charge on any atom is -0.329 e. The van der Waals surface area contributed by atoms with Gasteiger partial charge in [0.25, 0.3) is 5.91 Å². The fourth-order valence-corrected chi connectivity index (χ4v) is 2.81. The average Bonchev–Trinajstić information content (AvgIpc) is 2.60. The van der Waals surface area contributed by atoms with Crippen molar-refractivity contribution < 1.29 is 22.4 Å². The average molecular weight is 426 g/mol. The predicted molar refractivity (Wildman–Crippen MR) is 96.8 cm³/mol. The van der Waals surface area contributed by atoms with Crippen molar-refractivity contribution in [2.45, 2.75) is 12.2 Å². The van der Waals surface area contributed by atoms with Crippen molar-refractivity contribution in [3.8, 4) is 0 Å². The second-order valence-electron chi connectivity index (χ2n) is 5.70. The van der Waals surface area contributed by atoms with E-state index in [9.17, 15) is 22.4 Å². The van der Waals surface area contributed by atoms with Gasteiger partial charge >= 0.3 is 6.18 Å². The van der Waals surface area contributed by atoms with Crippen LogP contribution in [0.25, 0.3) is 0 Å². The zero-order chi connectivity index (χ0) is 18.0. The lowest BCUT2D eigenvalue weighted by atomic mass is 10.0. The number of amides is 1. The van der Waals surface area contributed by atoms with Gasteiger partial charge in [-0.15, -0.1) is 24.8 Å². The number of carbonyl (C=O) groups is 1. The van der Waals surface area contributed by atoms with E-state index >= 15 is 0 Å². The van der Waals surface area contributed by atoms with E-state index in [1.165, 1.54) is 17.0 Å². The summed E-state index contributed by atoms with van der Waals surface area (Å²) in [4.78, 5) is 17.6. The zero-order valence-electron chi connectivity index (χ0n) is 13.9. The summed E-state index contributed by atoms with van der Waals surface area (Å²) in [6, 6.07) is 7.43. The molecule has 1 unspecified atom stereocenters. The number of aromatic nitrogens is 1. The summed E-state index contributed by atoms with van der Waals surface area (Å²) in [6.07, 6.45) is -3.63. The van der Waals surface area contributed by atoms with Gasteiger partial charge in [-0.3, -0.25) is 9.78 Å². The Balaban J connectivity index is 0.00000182. The van der Waals surface area contributed by atoms with Crippen LogP contribution in [0.4, 0.5) is 17.6 Å². The number of nitrogens with one attached hydrogen (secondary N) is 1. The van der Waals surface area contributed by atoms with Crippen LogP contribution in [0, 0.1) is 5.82 Å².